The van der Waals surface area contributed by atoms with Gasteiger partial charge in [-0.3, -0.25) is 0 Å². The second-order valence-electron chi connectivity index (χ2n) is 21.7. The van der Waals surface area contributed by atoms with E-state index in [1.165, 1.54) is 104 Å². The second kappa shape index (κ2) is 15.6. The van der Waals surface area contributed by atoms with Gasteiger partial charge in [-0.1, -0.05) is 153 Å². The number of aromatic nitrogens is 2. The van der Waals surface area contributed by atoms with Gasteiger partial charge < -0.3 is 18.8 Å². The summed E-state index contributed by atoms with van der Waals surface area (Å²) in [6.07, 6.45) is 0. The van der Waals surface area contributed by atoms with Crippen LogP contribution in [0, 0.1) is 0 Å². The summed E-state index contributed by atoms with van der Waals surface area (Å²) >= 11 is 0. The lowest BCUT2D eigenvalue weighted by Crippen LogP contribution is -2.19. The van der Waals surface area contributed by atoms with Gasteiger partial charge in [0.25, 0.3) is 0 Å². The molecular formula is C73H47N3O. The molecule has 15 aromatic rings. The molecule has 0 fully saturated rings. The molecular weight excluding hydrogens is 935 g/mol. The Hall–Kier alpha value is -9.90. The Bertz CT molecular complexity index is 5040. The van der Waals surface area contributed by atoms with Gasteiger partial charge in [0.15, 0.2) is 11.5 Å². The van der Waals surface area contributed by atoms with E-state index in [0.717, 1.165) is 56.4 Å². The highest BCUT2D eigenvalue weighted by Crippen LogP contribution is 2.59. The molecule has 0 saturated heterocycles. The molecule has 0 N–H and O–H groups in total. The molecule has 4 heteroatoms. The van der Waals surface area contributed by atoms with Crippen LogP contribution in [-0.2, 0) is 5.41 Å². The van der Waals surface area contributed by atoms with Crippen molar-refractivity contribution in [1.82, 2.24) is 9.13 Å². The summed E-state index contributed by atoms with van der Waals surface area (Å²) in [6.45, 7) is 4.80. The number of para-hydroxylation sites is 3. The minimum atomic E-state index is -0.293. The molecule has 0 atom stereocenters. The fourth-order valence-electron chi connectivity index (χ4n) is 13.6. The molecule has 4 nitrogen and oxygen atoms in total. The summed E-state index contributed by atoms with van der Waals surface area (Å²) in [5, 5.41) is 14.9. The third kappa shape index (κ3) is 5.98. The van der Waals surface area contributed by atoms with Gasteiger partial charge in [-0.2, -0.15) is 0 Å². The van der Waals surface area contributed by atoms with Crippen LogP contribution in [-0.4, -0.2) is 9.13 Å². The average Bonchev–Trinajstić information content (AvgIpc) is 4.14. The fourth-order valence-corrected chi connectivity index (χ4v) is 13.6. The van der Waals surface area contributed by atoms with E-state index >= 15 is 0 Å². The van der Waals surface area contributed by atoms with E-state index in [0.29, 0.717) is 0 Å². The van der Waals surface area contributed by atoms with Gasteiger partial charge in [0.1, 0.15) is 0 Å². The zero-order valence-electron chi connectivity index (χ0n) is 42.4. The number of rotatable bonds is 4. The third-order valence-electron chi connectivity index (χ3n) is 17.2. The van der Waals surface area contributed by atoms with Crippen molar-refractivity contribution in [3.05, 3.63) is 260 Å². The minimum Gasteiger partial charge on any atom is -0.453 e. The van der Waals surface area contributed by atoms with E-state index in [4.69, 9.17) is 4.74 Å². The summed E-state index contributed by atoms with van der Waals surface area (Å²) in [5.74, 6) is 1.68. The molecule has 0 saturated carbocycles. The van der Waals surface area contributed by atoms with Crippen molar-refractivity contribution >= 4 is 104 Å². The van der Waals surface area contributed by atoms with Gasteiger partial charge >= 0.3 is 0 Å². The quantitative estimate of drug-likeness (QED) is 0.164. The Kier molecular flexibility index (Phi) is 8.59. The maximum atomic E-state index is 7.18. The van der Waals surface area contributed by atoms with Crippen LogP contribution in [0.5, 0.6) is 11.5 Å². The molecule has 360 valence electrons. The van der Waals surface area contributed by atoms with Gasteiger partial charge in [0, 0.05) is 44.0 Å². The predicted molar refractivity (Wildman–Crippen MR) is 323 cm³/mol. The SMILES string of the molecule is CC1(C)c2cc3c(cc2-c2cc4c5ccccc5c5ccccc5c4cc21)Oc1cc2ccccc2cc1N3c1ccc2c(c1)c1cc(-c3ccc4c(c3)c3ccccc3n4-c3ccccc3)ccc1n2-c1ccccc1. The van der Waals surface area contributed by atoms with Crippen LogP contribution in [0.1, 0.15) is 25.0 Å². The lowest BCUT2D eigenvalue weighted by Gasteiger charge is -2.34. The van der Waals surface area contributed by atoms with Gasteiger partial charge in [-0.25, -0.2) is 0 Å². The fraction of sp³-hybridized carbons (Fsp3) is 0.0411. The number of fused-ring (bicyclic) bond motifs is 18. The highest BCUT2D eigenvalue weighted by molar-refractivity contribution is 6.26. The maximum absolute atomic E-state index is 7.18. The van der Waals surface area contributed by atoms with Gasteiger partial charge in [0.2, 0.25) is 0 Å². The molecule has 1 aliphatic carbocycles. The molecule has 2 aliphatic rings. The first kappa shape index (κ1) is 42.5. The lowest BCUT2D eigenvalue weighted by molar-refractivity contribution is 0.477. The highest BCUT2D eigenvalue weighted by Gasteiger charge is 2.39. The molecule has 0 amide bonds. The monoisotopic (exact) mass is 981 g/mol. The first-order valence-electron chi connectivity index (χ1n) is 26.7. The summed E-state index contributed by atoms with van der Waals surface area (Å²) < 4.78 is 12.0. The zero-order valence-corrected chi connectivity index (χ0v) is 42.4. The van der Waals surface area contributed by atoms with Crippen LogP contribution in [0.15, 0.2) is 249 Å². The van der Waals surface area contributed by atoms with Crippen molar-refractivity contribution in [2.75, 3.05) is 4.90 Å². The Morgan fingerprint density at radius 3 is 1.38 bits per heavy atom. The van der Waals surface area contributed by atoms with E-state index < -0.39 is 0 Å². The average molecular weight is 982 g/mol. The Labute approximate surface area is 444 Å². The van der Waals surface area contributed by atoms with Crippen LogP contribution < -0.4 is 9.64 Å². The number of nitrogens with zero attached hydrogens (tertiary/aromatic N) is 3. The summed E-state index contributed by atoms with van der Waals surface area (Å²) in [5.41, 5.74) is 17.3. The van der Waals surface area contributed by atoms with Gasteiger partial charge in [-0.05, 0) is 186 Å². The molecule has 3 heterocycles. The van der Waals surface area contributed by atoms with Crippen LogP contribution in [0.4, 0.5) is 17.1 Å². The van der Waals surface area contributed by atoms with E-state index in [1.54, 1.807) is 0 Å². The van der Waals surface area contributed by atoms with Crippen LogP contribution >= 0.6 is 0 Å². The van der Waals surface area contributed by atoms with Crippen molar-refractivity contribution in [2.24, 2.45) is 0 Å². The summed E-state index contributed by atoms with van der Waals surface area (Å²) in [7, 11) is 0. The molecule has 13 aromatic carbocycles. The third-order valence-corrected chi connectivity index (χ3v) is 17.2. The number of benzene rings is 13. The Morgan fingerprint density at radius 1 is 0.299 bits per heavy atom. The summed E-state index contributed by atoms with van der Waals surface area (Å²) in [4.78, 5) is 2.46. The molecule has 0 radical (unpaired) electrons. The maximum Gasteiger partial charge on any atom is 0.152 e. The van der Waals surface area contributed by atoms with Crippen LogP contribution in [0.2, 0.25) is 0 Å². The molecule has 0 bridgehead atoms. The molecule has 1 aliphatic heterocycles. The van der Waals surface area contributed by atoms with Crippen molar-refractivity contribution < 1.29 is 4.74 Å². The number of ether oxygens (including phenoxy) is 1. The molecule has 0 spiro atoms. The van der Waals surface area contributed by atoms with Gasteiger partial charge in [0.05, 0.1) is 33.4 Å². The van der Waals surface area contributed by atoms with E-state index in [2.05, 4.69) is 277 Å². The van der Waals surface area contributed by atoms with Crippen molar-refractivity contribution in [1.29, 1.82) is 0 Å². The second-order valence-corrected chi connectivity index (χ2v) is 21.7. The van der Waals surface area contributed by atoms with Crippen molar-refractivity contribution in [3.8, 4) is 45.1 Å². The Balaban J connectivity index is 0.879. The first-order chi connectivity index (χ1) is 37.9. The van der Waals surface area contributed by atoms with E-state index in [-0.39, 0.29) is 5.41 Å². The number of hydrogen-bond acceptors (Lipinski definition) is 2. The standard InChI is InChI=1S/C73H47N3O/c1-73(2)63-41-57-54-26-14-12-24-52(54)51-23-11-13-25-53(51)56(57)40-58(63)59-42-72-70(43-64(59)73)76(69-37-44-17-9-10-18-45(44)38-71(69)77-72)50-31-34-68-62(39-50)61-36-47(30-33-67(61)75(68)49-21-7-4-8-22-49)46-29-32-66-60(35-46)55-27-15-16-28-65(55)74(66)48-19-5-3-6-20-48/h3-43H,1-2H3. The minimum absolute atomic E-state index is 0.293. The predicted octanol–water partition coefficient (Wildman–Crippen LogP) is 20.0. The normalized spacial score (nSPS) is 13.5. The number of hydrogen-bond donors (Lipinski definition) is 0. The lowest BCUT2D eigenvalue weighted by atomic mass is 9.81. The van der Waals surface area contributed by atoms with Gasteiger partial charge in [-0.15, -0.1) is 0 Å². The van der Waals surface area contributed by atoms with Crippen molar-refractivity contribution in [2.45, 2.75) is 19.3 Å². The number of anilines is 3. The van der Waals surface area contributed by atoms with E-state index in [9.17, 15) is 0 Å². The molecule has 17 rings (SSSR count). The Morgan fingerprint density at radius 2 is 0.740 bits per heavy atom. The molecule has 2 aromatic heterocycles. The largest absolute Gasteiger partial charge is 0.453 e. The topological polar surface area (TPSA) is 22.3 Å². The zero-order chi connectivity index (χ0) is 50.7. The smallest absolute Gasteiger partial charge is 0.152 e. The van der Waals surface area contributed by atoms with Crippen LogP contribution in [0.3, 0.4) is 0 Å². The first-order valence-corrected chi connectivity index (χ1v) is 26.7. The summed E-state index contributed by atoms with van der Waals surface area (Å²) in [6, 6.07) is 92.0. The van der Waals surface area contributed by atoms with Crippen molar-refractivity contribution in [3.63, 3.8) is 0 Å². The molecule has 0 unspecified atom stereocenters. The molecule has 77 heavy (non-hydrogen) atoms. The highest BCUT2D eigenvalue weighted by atomic mass is 16.5. The van der Waals surface area contributed by atoms with Crippen LogP contribution in [0.25, 0.3) is 120 Å². The van der Waals surface area contributed by atoms with E-state index in [1.807, 2.05) is 0 Å².